The van der Waals surface area contributed by atoms with Crippen molar-refractivity contribution >= 4 is 20.8 Å². The maximum Gasteiger partial charge on any atom is 0.241 e. The van der Waals surface area contributed by atoms with Crippen molar-refractivity contribution in [1.82, 2.24) is 14.7 Å². The van der Waals surface area contributed by atoms with E-state index in [0.717, 1.165) is 5.39 Å². The van der Waals surface area contributed by atoms with Crippen molar-refractivity contribution in [1.29, 1.82) is 0 Å². The van der Waals surface area contributed by atoms with E-state index in [0.29, 0.717) is 22.5 Å². The Labute approximate surface area is 150 Å². The number of aromatic nitrogens is 2. The van der Waals surface area contributed by atoms with Crippen molar-refractivity contribution in [3.8, 4) is 11.5 Å². The average molecular weight is 365 g/mol. The molecular formula is C19H15N3O3S. The third kappa shape index (κ3) is 3.10. The van der Waals surface area contributed by atoms with Gasteiger partial charge in [-0.1, -0.05) is 36.4 Å². The lowest BCUT2D eigenvalue weighted by Crippen LogP contribution is -2.24. The number of hydrogen-bond donors (Lipinski definition) is 1. The van der Waals surface area contributed by atoms with Crippen LogP contribution in [0.15, 0.2) is 82.6 Å². The molecule has 4 aromatic rings. The topological polar surface area (TPSA) is 85.1 Å². The van der Waals surface area contributed by atoms with E-state index in [9.17, 15) is 8.42 Å². The van der Waals surface area contributed by atoms with Gasteiger partial charge in [0, 0.05) is 17.8 Å². The van der Waals surface area contributed by atoms with Crippen LogP contribution in [0, 0.1) is 0 Å². The summed E-state index contributed by atoms with van der Waals surface area (Å²) < 4.78 is 33.6. The van der Waals surface area contributed by atoms with Gasteiger partial charge in [-0.2, -0.15) is 0 Å². The Hall–Kier alpha value is -3.03. The molecule has 130 valence electrons. The van der Waals surface area contributed by atoms with Gasteiger partial charge in [0.2, 0.25) is 10.0 Å². The van der Waals surface area contributed by atoms with E-state index in [4.69, 9.17) is 4.42 Å². The predicted molar refractivity (Wildman–Crippen MR) is 97.7 cm³/mol. The SMILES string of the molecule is O=S(=O)(NCc1nccnc1-c1ccco1)c1cccc2ccccc12. The molecule has 2 aromatic heterocycles. The molecule has 2 aromatic carbocycles. The first-order valence-electron chi connectivity index (χ1n) is 7.96. The number of sulfonamides is 1. The van der Waals surface area contributed by atoms with Gasteiger partial charge in [-0.15, -0.1) is 0 Å². The van der Waals surface area contributed by atoms with Crippen LogP contribution >= 0.6 is 0 Å². The molecule has 0 atom stereocenters. The number of furan rings is 1. The first kappa shape index (κ1) is 16.4. The Balaban J connectivity index is 1.66. The third-order valence-corrected chi connectivity index (χ3v) is 5.46. The second-order valence-electron chi connectivity index (χ2n) is 5.63. The molecule has 2 heterocycles. The maximum absolute atomic E-state index is 12.8. The summed E-state index contributed by atoms with van der Waals surface area (Å²) in [6.45, 7) is 0.00935. The minimum atomic E-state index is -3.72. The molecule has 4 rings (SSSR count). The number of nitrogens with one attached hydrogen (secondary N) is 1. The molecule has 0 spiro atoms. The highest BCUT2D eigenvalue weighted by atomic mass is 32.2. The van der Waals surface area contributed by atoms with Crippen LogP contribution in [0.4, 0.5) is 0 Å². The highest BCUT2D eigenvalue weighted by Crippen LogP contribution is 2.24. The maximum atomic E-state index is 12.8. The number of nitrogens with zero attached hydrogens (tertiary/aromatic N) is 2. The van der Waals surface area contributed by atoms with Gasteiger partial charge >= 0.3 is 0 Å². The Bertz CT molecular complexity index is 1150. The van der Waals surface area contributed by atoms with Crippen LogP contribution in [-0.2, 0) is 16.6 Å². The molecule has 0 unspecified atom stereocenters. The summed E-state index contributed by atoms with van der Waals surface area (Å²) in [6.07, 6.45) is 4.60. The number of rotatable bonds is 5. The van der Waals surface area contributed by atoms with Crippen LogP contribution < -0.4 is 4.72 Å². The second-order valence-corrected chi connectivity index (χ2v) is 7.37. The lowest BCUT2D eigenvalue weighted by molar-refractivity contribution is 0.574. The monoisotopic (exact) mass is 365 g/mol. The zero-order valence-corrected chi connectivity index (χ0v) is 14.5. The van der Waals surface area contributed by atoms with E-state index in [2.05, 4.69) is 14.7 Å². The highest BCUT2D eigenvalue weighted by molar-refractivity contribution is 7.89. The second kappa shape index (κ2) is 6.70. The predicted octanol–water partition coefficient (Wildman–Crippen LogP) is 3.37. The van der Waals surface area contributed by atoms with Gasteiger partial charge in [0.15, 0.2) is 5.76 Å². The van der Waals surface area contributed by atoms with Gasteiger partial charge in [0.05, 0.1) is 23.4 Å². The average Bonchev–Trinajstić information content (AvgIpc) is 3.21. The largest absolute Gasteiger partial charge is 0.463 e. The molecule has 0 fully saturated rings. The normalized spacial score (nSPS) is 11.7. The molecule has 0 aliphatic rings. The first-order chi connectivity index (χ1) is 12.6. The summed E-state index contributed by atoms with van der Waals surface area (Å²) in [4.78, 5) is 8.73. The van der Waals surface area contributed by atoms with Crippen LogP contribution in [0.25, 0.3) is 22.2 Å². The van der Waals surface area contributed by atoms with Gasteiger partial charge in [-0.25, -0.2) is 18.1 Å². The Morgan fingerprint density at radius 3 is 2.58 bits per heavy atom. The molecule has 0 bridgehead atoms. The number of hydrogen-bond acceptors (Lipinski definition) is 5. The Kier molecular flexibility index (Phi) is 4.24. The summed E-state index contributed by atoms with van der Waals surface area (Å²) in [6, 6.07) is 16.1. The lowest BCUT2D eigenvalue weighted by atomic mass is 10.1. The van der Waals surface area contributed by atoms with Crippen molar-refractivity contribution in [2.24, 2.45) is 0 Å². The smallest absolute Gasteiger partial charge is 0.241 e. The Morgan fingerprint density at radius 1 is 0.923 bits per heavy atom. The minimum Gasteiger partial charge on any atom is -0.463 e. The molecule has 0 saturated heterocycles. The molecule has 6 nitrogen and oxygen atoms in total. The van der Waals surface area contributed by atoms with Gasteiger partial charge in [-0.3, -0.25) is 4.98 Å². The van der Waals surface area contributed by atoms with Gasteiger partial charge in [-0.05, 0) is 23.6 Å². The van der Waals surface area contributed by atoms with Crippen molar-refractivity contribution in [2.75, 3.05) is 0 Å². The van der Waals surface area contributed by atoms with E-state index >= 15 is 0 Å². The standard InChI is InChI=1S/C19H15N3O3S/c23-26(24,18-9-3-6-14-5-1-2-7-15(14)18)22-13-16-19(21-11-10-20-16)17-8-4-12-25-17/h1-12,22H,13H2. The number of fused-ring (bicyclic) bond motifs is 1. The summed E-state index contributed by atoms with van der Waals surface area (Å²) in [5, 5.41) is 1.54. The molecule has 0 saturated carbocycles. The quantitative estimate of drug-likeness (QED) is 0.586. The van der Waals surface area contributed by atoms with Gasteiger partial charge in [0.25, 0.3) is 0 Å². The van der Waals surface area contributed by atoms with Crippen LogP contribution in [0.3, 0.4) is 0 Å². The van der Waals surface area contributed by atoms with Crippen molar-refractivity contribution < 1.29 is 12.8 Å². The summed E-state index contributed by atoms with van der Waals surface area (Å²) in [7, 11) is -3.72. The Morgan fingerprint density at radius 2 is 1.73 bits per heavy atom. The van der Waals surface area contributed by atoms with Crippen LogP contribution in [0.2, 0.25) is 0 Å². The molecule has 1 N–H and O–H groups in total. The van der Waals surface area contributed by atoms with E-state index in [1.54, 1.807) is 36.5 Å². The molecule has 26 heavy (non-hydrogen) atoms. The summed E-state index contributed by atoms with van der Waals surface area (Å²) in [5.74, 6) is 0.539. The van der Waals surface area contributed by atoms with Crippen LogP contribution in [-0.4, -0.2) is 18.4 Å². The van der Waals surface area contributed by atoms with E-state index in [1.165, 1.54) is 12.5 Å². The van der Waals surface area contributed by atoms with E-state index in [-0.39, 0.29) is 11.4 Å². The fourth-order valence-corrected chi connectivity index (χ4v) is 4.00. The molecule has 0 aliphatic carbocycles. The minimum absolute atomic E-state index is 0.00935. The fourth-order valence-electron chi connectivity index (χ4n) is 2.79. The van der Waals surface area contributed by atoms with Crippen molar-refractivity contribution in [3.05, 3.63) is 78.9 Å². The molecule has 0 aliphatic heterocycles. The third-order valence-electron chi connectivity index (χ3n) is 4.00. The zero-order valence-electron chi connectivity index (χ0n) is 13.7. The zero-order chi connectivity index (χ0) is 18.0. The van der Waals surface area contributed by atoms with Crippen LogP contribution in [0.1, 0.15) is 5.69 Å². The van der Waals surface area contributed by atoms with Gasteiger partial charge in [0.1, 0.15) is 5.69 Å². The lowest BCUT2D eigenvalue weighted by Gasteiger charge is -2.10. The van der Waals surface area contributed by atoms with Gasteiger partial charge < -0.3 is 4.42 Å². The summed E-state index contributed by atoms with van der Waals surface area (Å²) in [5.41, 5.74) is 1.00. The molecule has 0 radical (unpaired) electrons. The van der Waals surface area contributed by atoms with Crippen molar-refractivity contribution in [2.45, 2.75) is 11.4 Å². The highest BCUT2D eigenvalue weighted by Gasteiger charge is 2.19. The summed E-state index contributed by atoms with van der Waals surface area (Å²) >= 11 is 0. The van der Waals surface area contributed by atoms with E-state index < -0.39 is 10.0 Å². The van der Waals surface area contributed by atoms with E-state index in [1.807, 2.05) is 24.3 Å². The first-order valence-corrected chi connectivity index (χ1v) is 9.45. The number of benzene rings is 2. The van der Waals surface area contributed by atoms with Crippen molar-refractivity contribution in [3.63, 3.8) is 0 Å². The molecule has 7 heteroatoms. The van der Waals surface area contributed by atoms with Crippen LogP contribution in [0.5, 0.6) is 0 Å². The molecular weight excluding hydrogens is 350 g/mol. The molecule has 0 amide bonds. The fraction of sp³-hybridized carbons (Fsp3) is 0.0526.